The van der Waals surface area contributed by atoms with Crippen LogP contribution in [0.3, 0.4) is 0 Å². The molecule has 1 aliphatic rings. The highest BCUT2D eigenvalue weighted by Gasteiger charge is 2.22. The van der Waals surface area contributed by atoms with Crippen LogP contribution >= 0.6 is 0 Å². The lowest BCUT2D eigenvalue weighted by Gasteiger charge is -2.23. The van der Waals surface area contributed by atoms with Crippen LogP contribution < -0.4 is 4.74 Å². The summed E-state index contributed by atoms with van der Waals surface area (Å²) in [7, 11) is 1.12. The van der Waals surface area contributed by atoms with E-state index in [0.717, 1.165) is 37.8 Å². The lowest BCUT2D eigenvalue weighted by Crippen LogP contribution is -2.28. The van der Waals surface area contributed by atoms with Gasteiger partial charge in [0.1, 0.15) is 40.7 Å². The first-order valence-electron chi connectivity index (χ1n) is 7.98. The Hall–Kier alpha value is -2.61. The number of methoxy groups -OCH3 is 1. The van der Waals surface area contributed by atoms with E-state index in [-0.39, 0.29) is 17.5 Å². The van der Waals surface area contributed by atoms with E-state index in [2.05, 4.69) is 9.72 Å². The SMILES string of the molecule is COC(=O)c1ccc(F)c(-c2c(F)cc(OC3CCCOC3)cc2F)n1. The summed E-state index contributed by atoms with van der Waals surface area (Å²) in [6.07, 6.45) is 1.21. The number of carbonyl (C=O) groups is 1. The summed E-state index contributed by atoms with van der Waals surface area (Å²) in [6, 6.07) is 3.89. The molecule has 0 amide bonds. The van der Waals surface area contributed by atoms with Gasteiger partial charge in [-0.15, -0.1) is 0 Å². The molecule has 5 nitrogen and oxygen atoms in total. The molecule has 2 aromatic rings. The molecule has 138 valence electrons. The summed E-state index contributed by atoms with van der Waals surface area (Å²) >= 11 is 0. The van der Waals surface area contributed by atoms with Gasteiger partial charge in [0.2, 0.25) is 0 Å². The third-order valence-electron chi connectivity index (χ3n) is 3.91. The number of benzene rings is 1. The minimum atomic E-state index is -1.05. The highest BCUT2D eigenvalue weighted by atomic mass is 19.1. The molecule has 3 rings (SSSR count). The molecular weight excluding hydrogens is 351 g/mol. The Labute approximate surface area is 147 Å². The van der Waals surface area contributed by atoms with Crippen molar-refractivity contribution in [3.8, 4) is 17.0 Å². The van der Waals surface area contributed by atoms with Crippen molar-refractivity contribution < 1.29 is 32.2 Å². The number of nitrogens with zero attached hydrogens (tertiary/aromatic N) is 1. The Bertz CT molecular complexity index is 799. The maximum Gasteiger partial charge on any atom is 0.356 e. The summed E-state index contributed by atoms with van der Waals surface area (Å²) in [6.45, 7) is 0.964. The number of ether oxygens (including phenoxy) is 3. The first-order chi connectivity index (χ1) is 12.5. The van der Waals surface area contributed by atoms with Crippen LogP contribution in [0.2, 0.25) is 0 Å². The van der Waals surface area contributed by atoms with Gasteiger partial charge in [0, 0.05) is 18.7 Å². The number of halogens is 3. The van der Waals surface area contributed by atoms with Gasteiger partial charge in [0.25, 0.3) is 0 Å². The Morgan fingerprint density at radius 1 is 1.19 bits per heavy atom. The maximum atomic E-state index is 14.5. The van der Waals surface area contributed by atoms with Gasteiger partial charge in [0.15, 0.2) is 0 Å². The molecule has 0 aliphatic carbocycles. The van der Waals surface area contributed by atoms with E-state index in [9.17, 15) is 18.0 Å². The van der Waals surface area contributed by atoms with Crippen molar-refractivity contribution in [1.82, 2.24) is 4.98 Å². The van der Waals surface area contributed by atoms with Gasteiger partial charge >= 0.3 is 5.97 Å². The summed E-state index contributed by atoms with van der Waals surface area (Å²) in [5, 5.41) is 0. The lowest BCUT2D eigenvalue weighted by molar-refractivity contribution is 0.00720. The second-order valence-corrected chi connectivity index (χ2v) is 5.74. The van der Waals surface area contributed by atoms with Crippen molar-refractivity contribution in [2.75, 3.05) is 20.3 Å². The second kappa shape index (κ2) is 7.74. The largest absolute Gasteiger partial charge is 0.488 e. The number of hydrogen-bond acceptors (Lipinski definition) is 5. The van der Waals surface area contributed by atoms with Crippen molar-refractivity contribution >= 4 is 5.97 Å². The van der Waals surface area contributed by atoms with Crippen LogP contribution in [-0.2, 0) is 9.47 Å². The molecule has 0 saturated carbocycles. The molecule has 2 heterocycles. The highest BCUT2D eigenvalue weighted by Crippen LogP contribution is 2.31. The minimum absolute atomic E-state index is 0.0243. The number of carbonyl (C=O) groups excluding carboxylic acids is 1. The quantitative estimate of drug-likeness (QED) is 0.774. The van der Waals surface area contributed by atoms with Crippen LogP contribution in [0.4, 0.5) is 13.2 Å². The molecule has 1 fully saturated rings. The van der Waals surface area contributed by atoms with Crippen LogP contribution in [0.1, 0.15) is 23.3 Å². The standard InChI is InChI=1S/C18H16F3NO4/c1-24-18(23)15-5-4-12(19)17(22-15)16-13(20)7-11(8-14(16)21)26-10-3-2-6-25-9-10/h4-5,7-8,10H,2-3,6,9H2,1H3. The Morgan fingerprint density at radius 2 is 1.92 bits per heavy atom. The van der Waals surface area contributed by atoms with E-state index in [1.54, 1.807) is 0 Å². The highest BCUT2D eigenvalue weighted by molar-refractivity contribution is 5.87. The topological polar surface area (TPSA) is 57.7 Å². The number of pyridine rings is 1. The first-order valence-corrected chi connectivity index (χ1v) is 7.98. The van der Waals surface area contributed by atoms with E-state index in [4.69, 9.17) is 9.47 Å². The van der Waals surface area contributed by atoms with E-state index in [1.165, 1.54) is 0 Å². The summed E-state index contributed by atoms with van der Waals surface area (Å²) in [5.74, 6) is -3.94. The van der Waals surface area contributed by atoms with Crippen LogP contribution in [0, 0.1) is 17.5 Å². The molecular formula is C18H16F3NO4. The Morgan fingerprint density at radius 3 is 2.54 bits per heavy atom. The van der Waals surface area contributed by atoms with Gasteiger partial charge in [-0.05, 0) is 25.0 Å². The second-order valence-electron chi connectivity index (χ2n) is 5.74. The van der Waals surface area contributed by atoms with E-state index in [1.807, 2.05) is 0 Å². The summed E-state index contributed by atoms with van der Waals surface area (Å²) in [5.41, 5.74) is -1.56. The van der Waals surface area contributed by atoms with Crippen molar-refractivity contribution in [2.24, 2.45) is 0 Å². The molecule has 1 aromatic heterocycles. The molecule has 0 bridgehead atoms. The monoisotopic (exact) mass is 367 g/mol. The predicted octanol–water partition coefficient (Wildman–Crippen LogP) is 3.51. The third-order valence-corrected chi connectivity index (χ3v) is 3.91. The molecule has 0 N–H and O–H groups in total. The van der Waals surface area contributed by atoms with Crippen LogP contribution in [0.25, 0.3) is 11.3 Å². The van der Waals surface area contributed by atoms with Gasteiger partial charge in [-0.1, -0.05) is 0 Å². The summed E-state index contributed by atoms with van der Waals surface area (Å²) < 4.78 is 58.3. The van der Waals surface area contributed by atoms with Crippen molar-refractivity contribution in [3.63, 3.8) is 0 Å². The average molecular weight is 367 g/mol. The molecule has 0 spiro atoms. The van der Waals surface area contributed by atoms with Gasteiger partial charge in [-0.3, -0.25) is 0 Å². The van der Waals surface area contributed by atoms with Gasteiger partial charge in [-0.25, -0.2) is 22.9 Å². The van der Waals surface area contributed by atoms with Gasteiger partial charge in [0.05, 0.1) is 19.3 Å². The molecule has 1 atom stereocenters. The molecule has 1 aliphatic heterocycles. The number of hydrogen-bond donors (Lipinski definition) is 0. The predicted molar refractivity (Wildman–Crippen MR) is 85.4 cm³/mol. The average Bonchev–Trinajstić information content (AvgIpc) is 2.63. The number of aromatic nitrogens is 1. The maximum absolute atomic E-state index is 14.5. The molecule has 1 saturated heterocycles. The zero-order valence-electron chi connectivity index (χ0n) is 13.9. The van der Waals surface area contributed by atoms with Gasteiger partial charge in [-0.2, -0.15) is 0 Å². The Kier molecular flexibility index (Phi) is 5.41. The van der Waals surface area contributed by atoms with Crippen LogP contribution in [0.15, 0.2) is 24.3 Å². The normalized spacial score (nSPS) is 17.0. The van der Waals surface area contributed by atoms with Crippen LogP contribution in [-0.4, -0.2) is 37.4 Å². The Balaban J connectivity index is 1.94. The minimum Gasteiger partial charge on any atom is -0.488 e. The van der Waals surface area contributed by atoms with E-state index < -0.39 is 34.7 Å². The number of rotatable bonds is 4. The molecule has 1 unspecified atom stereocenters. The van der Waals surface area contributed by atoms with E-state index >= 15 is 0 Å². The molecule has 8 heteroatoms. The fraction of sp³-hybridized carbons (Fsp3) is 0.333. The van der Waals surface area contributed by atoms with Crippen molar-refractivity contribution in [3.05, 3.63) is 47.4 Å². The fourth-order valence-corrected chi connectivity index (χ4v) is 2.68. The van der Waals surface area contributed by atoms with Crippen molar-refractivity contribution in [1.29, 1.82) is 0 Å². The fourth-order valence-electron chi connectivity index (χ4n) is 2.68. The van der Waals surface area contributed by atoms with Gasteiger partial charge < -0.3 is 14.2 Å². The molecule has 1 aromatic carbocycles. The smallest absolute Gasteiger partial charge is 0.356 e. The lowest BCUT2D eigenvalue weighted by atomic mass is 10.1. The van der Waals surface area contributed by atoms with Crippen molar-refractivity contribution in [2.45, 2.75) is 18.9 Å². The molecule has 0 radical (unpaired) electrons. The van der Waals surface area contributed by atoms with Crippen LogP contribution in [0.5, 0.6) is 5.75 Å². The first kappa shape index (κ1) is 18.2. The van der Waals surface area contributed by atoms with E-state index in [0.29, 0.717) is 19.6 Å². The zero-order valence-corrected chi connectivity index (χ0v) is 13.9. The molecule has 26 heavy (non-hydrogen) atoms. The summed E-state index contributed by atoms with van der Waals surface area (Å²) in [4.78, 5) is 15.2. The zero-order chi connectivity index (χ0) is 18.7. The number of esters is 1. The third kappa shape index (κ3) is 3.80.